The fraction of sp³-hybridized carbons (Fsp3) is 0.133. The maximum absolute atomic E-state index is 13.2. The number of aromatic carboxylic acids is 1. The first kappa shape index (κ1) is 13.1. The Morgan fingerprint density at radius 2 is 1.79 bits per heavy atom. The van der Waals surface area contributed by atoms with Gasteiger partial charge in [0.1, 0.15) is 17.3 Å². The highest BCUT2D eigenvalue weighted by atomic mass is 19.1. The Labute approximate surface area is 110 Å². The highest BCUT2D eigenvalue weighted by molar-refractivity contribution is 5.88. The second kappa shape index (κ2) is 5.10. The molecular formula is C15H13FO3. The van der Waals surface area contributed by atoms with Crippen LogP contribution in [-0.4, -0.2) is 11.1 Å². The van der Waals surface area contributed by atoms with E-state index in [1.54, 1.807) is 19.1 Å². The molecule has 4 heteroatoms. The molecule has 2 rings (SSSR count). The van der Waals surface area contributed by atoms with Crippen LogP contribution in [0.1, 0.15) is 21.5 Å². The zero-order chi connectivity index (χ0) is 14.0. The Balaban J connectivity index is 2.33. The van der Waals surface area contributed by atoms with Crippen LogP contribution in [0, 0.1) is 19.7 Å². The fourth-order valence-corrected chi connectivity index (χ4v) is 1.70. The van der Waals surface area contributed by atoms with Crippen LogP contribution in [0.15, 0.2) is 36.4 Å². The number of hydrogen-bond acceptors (Lipinski definition) is 2. The minimum atomic E-state index is -0.989. The summed E-state index contributed by atoms with van der Waals surface area (Å²) in [5.41, 5.74) is 1.69. The molecule has 2 aromatic carbocycles. The lowest BCUT2D eigenvalue weighted by atomic mass is 10.1. The van der Waals surface area contributed by atoms with Crippen molar-refractivity contribution in [2.75, 3.05) is 0 Å². The summed E-state index contributed by atoms with van der Waals surface area (Å²) >= 11 is 0. The zero-order valence-corrected chi connectivity index (χ0v) is 10.6. The van der Waals surface area contributed by atoms with Gasteiger partial charge in [-0.05, 0) is 49.2 Å². The summed E-state index contributed by atoms with van der Waals surface area (Å²) in [5.74, 6) is -0.429. The van der Waals surface area contributed by atoms with E-state index in [0.717, 1.165) is 5.56 Å². The van der Waals surface area contributed by atoms with E-state index in [1.807, 2.05) is 6.92 Å². The quantitative estimate of drug-likeness (QED) is 0.909. The minimum absolute atomic E-state index is 0.195. The molecule has 0 atom stereocenters. The normalized spacial score (nSPS) is 10.3. The van der Waals surface area contributed by atoms with Crippen LogP contribution in [-0.2, 0) is 0 Å². The first-order valence-corrected chi connectivity index (χ1v) is 5.75. The van der Waals surface area contributed by atoms with Crippen molar-refractivity contribution in [2.45, 2.75) is 13.8 Å². The van der Waals surface area contributed by atoms with Crippen molar-refractivity contribution in [1.82, 2.24) is 0 Å². The van der Waals surface area contributed by atoms with Crippen LogP contribution < -0.4 is 4.74 Å². The molecule has 0 aliphatic carbocycles. The van der Waals surface area contributed by atoms with Crippen molar-refractivity contribution in [3.8, 4) is 11.5 Å². The molecule has 0 spiro atoms. The monoisotopic (exact) mass is 260 g/mol. The van der Waals surface area contributed by atoms with Crippen LogP contribution in [0.25, 0.3) is 0 Å². The van der Waals surface area contributed by atoms with Crippen molar-refractivity contribution >= 4 is 5.97 Å². The van der Waals surface area contributed by atoms with Crippen LogP contribution in [0.2, 0.25) is 0 Å². The van der Waals surface area contributed by atoms with Crippen molar-refractivity contribution in [2.24, 2.45) is 0 Å². The molecule has 0 aliphatic heterocycles. The van der Waals surface area contributed by atoms with Gasteiger partial charge in [-0.15, -0.1) is 0 Å². The predicted molar refractivity (Wildman–Crippen MR) is 69.3 cm³/mol. The molecule has 0 fully saturated rings. The molecule has 0 radical (unpaired) electrons. The maximum Gasteiger partial charge on any atom is 0.335 e. The molecule has 98 valence electrons. The van der Waals surface area contributed by atoms with E-state index in [2.05, 4.69) is 0 Å². The number of aryl methyl sites for hydroxylation is 2. The Morgan fingerprint density at radius 1 is 1.05 bits per heavy atom. The van der Waals surface area contributed by atoms with E-state index in [1.165, 1.54) is 24.3 Å². The SMILES string of the molecule is Cc1cc(C(=O)O)ccc1Oc1cc(F)ccc1C. The van der Waals surface area contributed by atoms with E-state index in [4.69, 9.17) is 9.84 Å². The molecule has 3 nitrogen and oxygen atoms in total. The summed E-state index contributed by atoms with van der Waals surface area (Å²) in [4.78, 5) is 10.8. The van der Waals surface area contributed by atoms with Crippen LogP contribution >= 0.6 is 0 Å². The van der Waals surface area contributed by atoms with Gasteiger partial charge in [-0.1, -0.05) is 6.07 Å². The topological polar surface area (TPSA) is 46.5 Å². The van der Waals surface area contributed by atoms with Crippen molar-refractivity contribution in [1.29, 1.82) is 0 Å². The lowest BCUT2D eigenvalue weighted by molar-refractivity contribution is 0.0697. The van der Waals surface area contributed by atoms with Gasteiger partial charge in [0.15, 0.2) is 0 Å². The number of carboxylic acids is 1. The van der Waals surface area contributed by atoms with Gasteiger partial charge >= 0.3 is 5.97 Å². The van der Waals surface area contributed by atoms with Crippen molar-refractivity contribution < 1.29 is 19.0 Å². The third-order valence-electron chi connectivity index (χ3n) is 2.79. The number of halogens is 1. The molecule has 0 saturated carbocycles. The fourth-order valence-electron chi connectivity index (χ4n) is 1.70. The predicted octanol–water partition coefficient (Wildman–Crippen LogP) is 3.93. The van der Waals surface area contributed by atoms with Crippen LogP contribution in [0.3, 0.4) is 0 Å². The first-order chi connectivity index (χ1) is 8.97. The van der Waals surface area contributed by atoms with Crippen LogP contribution in [0.5, 0.6) is 11.5 Å². The van der Waals surface area contributed by atoms with Crippen molar-refractivity contribution in [3.63, 3.8) is 0 Å². The average Bonchev–Trinajstić information content (AvgIpc) is 2.36. The summed E-state index contributed by atoms with van der Waals surface area (Å²) in [7, 11) is 0. The van der Waals surface area contributed by atoms with Crippen LogP contribution in [0.4, 0.5) is 4.39 Å². The summed E-state index contributed by atoms with van der Waals surface area (Å²) < 4.78 is 18.8. The lowest BCUT2D eigenvalue weighted by Gasteiger charge is -2.11. The standard InChI is InChI=1S/C15H13FO3/c1-9-3-5-12(16)8-14(9)19-13-6-4-11(15(17)18)7-10(13)2/h3-8H,1-2H3,(H,17,18). The number of ether oxygens (including phenoxy) is 1. The second-order valence-electron chi connectivity index (χ2n) is 4.30. The molecule has 1 N–H and O–H groups in total. The molecule has 0 bridgehead atoms. The zero-order valence-electron chi connectivity index (χ0n) is 10.6. The third kappa shape index (κ3) is 2.91. The van der Waals surface area contributed by atoms with E-state index >= 15 is 0 Å². The van der Waals surface area contributed by atoms with Crippen molar-refractivity contribution in [3.05, 3.63) is 58.9 Å². The van der Waals surface area contributed by atoms with E-state index in [-0.39, 0.29) is 11.4 Å². The average molecular weight is 260 g/mol. The lowest BCUT2D eigenvalue weighted by Crippen LogP contribution is -1.98. The van der Waals surface area contributed by atoms with Gasteiger partial charge in [-0.3, -0.25) is 0 Å². The first-order valence-electron chi connectivity index (χ1n) is 5.75. The smallest absolute Gasteiger partial charge is 0.335 e. The minimum Gasteiger partial charge on any atom is -0.478 e. The Hall–Kier alpha value is -2.36. The van der Waals surface area contributed by atoms with Gasteiger partial charge in [-0.25, -0.2) is 9.18 Å². The number of carboxylic acid groups (broad SMARTS) is 1. The van der Waals surface area contributed by atoms with Gasteiger partial charge in [0.25, 0.3) is 0 Å². The van der Waals surface area contributed by atoms with Gasteiger partial charge in [-0.2, -0.15) is 0 Å². The summed E-state index contributed by atoms with van der Waals surface area (Å²) in [6, 6.07) is 8.85. The third-order valence-corrected chi connectivity index (χ3v) is 2.79. The molecule has 0 saturated heterocycles. The molecule has 19 heavy (non-hydrogen) atoms. The van der Waals surface area contributed by atoms with Gasteiger partial charge in [0, 0.05) is 6.07 Å². The molecule has 0 aliphatic rings. The molecular weight excluding hydrogens is 247 g/mol. The molecule has 0 unspecified atom stereocenters. The largest absolute Gasteiger partial charge is 0.478 e. The summed E-state index contributed by atoms with van der Waals surface area (Å²) in [6.45, 7) is 3.56. The van der Waals surface area contributed by atoms with Gasteiger partial charge in [0.05, 0.1) is 5.56 Å². The molecule has 0 amide bonds. The summed E-state index contributed by atoms with van der Waals surface area (Å²) in [6.07, 6.45) is 0. The number of carbonyl (C=O) groups is 1. The number of rotatable bonds is 3. The highest BCUT2D eigenvalue weighted by Crippen LogP contribution is 2.28. The second-order valence-corrected chi connectivity index (χ2v) is 4.30. The molecule has 0 heterocycles. The highest BCUT2D eigenvalue weighted by Gasteiger charge is 2.09. The van der Waals surface area contributed by atoms with E-state index < -0.39 is 5.97 Å². The Kier molecular flexibility index (Phi) is 3.51. The Bertz CT molecular complexity index is 635. The van der Waals surface area contributed by atoms with E-state index in [9.17, 15) is 9.18 Å². The van der Waals surface area contributed by atoms with E-state index in [0.29, 0.717) is 17.1 Å². The van der Waals surface area contributed by atoms with Gasteiger partial charge in [0.2, 0.25) is 0 Å². The number of hydrogen-bond donors (Lipinski definition) is 1. The maximum atomic E-state index is 13.2. The Morgan fingerprint density at radius 3 is 2.42 bits per heavy atom. The molecule has 0 aromatic heterocycles. The molecule has 2 aromatic rings. The van der Waals surface area contributed by atoms with Gasteiger partial charge < -0.3 is 9.84 Å². The summed E-state index contributed by atoms with van der Waals surface area (Å²) in [5, 5.41) is 8.88. The number of benzene rings is 2.